The standard InChI is InChI=1S/C36H58O8/c1-10-25-14-15-27(29(32(25)39)34(40)41)20(5)18-21(6)30(37)23(8)31(38)26(11-2)33-22(7)19-36(13-4,44-33)28-16-17-35(42,12-3)24(9)43-28/h14-15,20-24,26,28,30,33,37,39,42H,10-13,16-19H2,1-9H3,(H,40,41). The van der Waals surface area contributed by atoms with Crippen molar-refractivity contribution in [3.8, 4) is 5.75 Å². The van der Waals surface area contributed by atoms with Gasteiger partial charge in [-0.3, -0.25) is 4.79 Å². The molecule has 0 amide bonds. The number of carbonyl (C=O) groups is 2. The Balaban J connectivity index is 1.73. The Morgan fingerprint density at radius 2 is 1.73 bits per heavy atom. The average Bonchev–Trinajstić information content (AvgIpc) is 3.34. The molecule has 250 valence electrons. The van der Waals surface area contributed by atoms with Gasteiger partial charge >= 0.3 is 5.97 Å². The fourth-order valence-electron chi connectivity index (χ4n) is 8.10. The molecule has 11 atom stereocenters. The van der Waals surface area contributed by atoms with Crippen molar-refractivity contribution in [1.29, 1.82) is 0 Å². The third-order valence-corrected chi connectivity index (χ3v) is 11.3. The molecule has 3 rings (SSSR count). The zero-order chi connectivity index (χ0) is 33.1. The Morgan fingerprint density at radius 3 is 2.25 bits per heavy atom. The molecule has 2 heterocycles. The minimum Gasteiger partial charge on any atom is -0.507 e. The number of benzene rings is 1. The minimum atomic E-state index is -1.18. The molecule has 8 nitrogen and oxygen atoms in total. The number of ketones is 1. The van der Waals surface area contributed by atoms with Gasteiger partial charge in [0.25, 0.3) is 0 Å². The van der Waals surface area contributed by atoms with Crippen molar-refractivity contribution in [2.45, 2.75) is 155 Å². The normalized spacial score (nSPS) is 32.5. The first-order valence-corrected chi connectivity index (χ1v) is 17.0. The molecule has 1 aromatic carbocycles. The average molecular weight is 619 g/mol. The van der Waals surface area contributed by atoms with E-state index in [1.165, 1.54) is 0 Å². The zero-order valence-electron chi connectivity index (χ0n) is 28.4. The van der Waals surface area contributed by atoms with Crippen molar-refractivity contribution >= 4 is 11.8 Å². The summed E-state index contributed by atoms with van der Waals surface area (Å²) in [6, 6.07) is 3.51. The van der Waals surface area contributed by atoms with Crippen LogP contribution in [0, 0.1) is 23.7 Å². The van der Waals surface area contributed by atoms with Crippen LogP contribution in [0.3, 0.4) is 0 Å². The van der Waals surface area contributed by atoms with Gasteiger partial charge in [-0.2, -0.15) is 0 Å². The summed E-state index contributed by atoms with van der Waals surface area (Å²) in [7, 11) is 0. The van der Waals surface area contributed by atoms with Gasteiger partial charge < -0.3 is 29.9 Å². The summed E-state index contributed by atoms with van der Waals surface area (Å²) in [5, 5.41) is 42.8. The summed E-state index contributed by atoms with van der Waals surface area (Å²) < 4.78 is 13.3. The number of carboxylic acid groups (broad SMARTS) is 1. The lowest BCUT2D eigenvalue weighted by atomic mass is 9.75. The highest BCUT2D eigenvalue weighted by atomic mass is 16.6. The maximum Gasteiger partial charge on any atom is 0.339 e. The van der Waals surface area contributed by atoms with Gasteiger partial charge in [0.2, 0.25) is 0 Å². The van der Waals surface area contributed by atoms with Gasteiger partial charge in [-0.05, 0) is 87.2 Å². The monoisotopic (exact) mass is 618 g/mol. The maximum atomic E-state index is 14.0. The number of aromatic carboxylic acids is 1. The highest BCUT2D eigenvalue weighted by molar-refractivity contribution is 5.93. The van der Waals surface area contributed by atoms with E-state index in [2.05, 4.69) is 13.8 Å². The first-order chi connectivity index (χ1) is 20.6. The zero-order valence-corrected chi connectivity index (χ0v) is 28.4. The number of aryl methyl sites for hydroxylation is 1. The molecule has 2 saturated heterocycles. The summed E-state index contributed by atoms with van der Waals surface area (Å²) in [6.07, 6.45) is 3.44. The first-order valence-electron chi connectivity index (χ1n) is 17.0. The summed E-state index contributed by atoms with van der Waals surface area (Å²) in [5.74, 6) is -2.81. The molecule has 4 N–H and O–H groups in total. The molecule has 0 radical (unpaired) electrons. The van der Waals surface area contributed by atoms with Gasteiger partial charge in [-0.15, -0.1) is 0 Å². The molecule has 0 saturated carbocycles. The summed E-state index contributed by atoms with van der Waals surface area (Å²) in [5.41, 5.74) is -0.329. The molecule has 44 heavy (non-hydrogen) atoms. The van der Waals surface area contributed by atoms with E-state index in [1.807, 2.05) is 41.5 Å². The SMILES string of the molecule is CCc1ccc(C(C)CC(C)C(O)C(C)C(=O)C(CC)C2OC(CC)(C3CCC(O)(CC)C(C)O3)CC2C)c(C(=O)O)c1O. The smallest absolute Gasteiger partial charge is 0.339 e. The third kappa shape index (κ3) is 7.03. The second kappa shape index (κ2) is 14.6. The predicted octanol–water partition coefficient (Wildman–Crippen LogP) is 6.66. The molecule has 8 heteroatoms. The molecule has 0 aromatic heterocycles. The second-order valence-corrected chi connectivity index (χ2v) is 14.0. The third-order valence-electron chi connectivity index (χ3n) is 11.3. The van der Waals surface area contributed by atoms with Crippen LogP contribution in [0.2, 0.25) is 0 Å². The fourth-order valence-corrected chi connectivity index (χ4v) is 8.10. The summed E-state index contributed by atoms with van der Waals surface area (Å²) in [6.45, 7) is 17.6. The molecule has 0 aliphatic carbocycles. The van der Waals surface area contributed by atoms with Gasteiger partial charge in [0.15, 0.2) is 0 Å². The van der Waals surface area contributed by atoms with Crippen LogP contribution < -0.4 is 0 Å². The number of carbonyl (C=O) groups excluding carboxylic acids is 1. The van der Waals surface area contributed by atoms with Crippen LogP contribution in [0.1, 0.15) is 135 Å². The van der Waals surface area contributed by atoms with Gasteiger partial charge in [0.1, 0.15) is 17.1 Å². The van der Waals surface area contributed by atoms with Crippen molar-refractivity contribution in [1.82, 2.24) is 0 Å². The van der Waals surface area contributed by atoms with Crippen molar-refractivity contribution in [2.24, 2.45) is 23.7 Å². The van der Waals surface area contributed by atoms with Crippen LogP contribution in [0.15, 0.2) is 12.1 Å². The van der Waals surface area contributed by atoms with Gasteiger partial charge in [-0.1, -0.05) is 67.5 Å². The van der Waals surface area contributed by atoms with E-state index in [0.29, 0.717) is 49.7 Å². The van der Waals surface area contributed by atoms with Crippen LogP contribution in [-0.4, -0.2) is 67.8 Å². The number of ether oxygens (including phenoxy) is 2. The van der Waals surface area contributed by atoms with E-state index in [0.717, 1.165) is 12.8 Å². The number of Topliss-reactive ketones (excluding diaryl/α,β-unsaturated/α-hetero) is 1. The second-order valence-electron chi connectivity index (χ2n) is 14.0. The molecular weight excluding hydrogens is 560 g/mol. The number of carboxylic acids is 1. The first kappa shape index (κ1) is 36.5. The lowest BCUT2D eigenvalue weighted by molar-refractivity contribution is -0.229. The number of rotatable bonds is 14. The minimum absolute atomic E-state index is 0.0160. The van der Waals surface area contributed by atoms with E-state index < -0.39 is 29.2 Å². The lowest BCUT2D eigenvalue weighted by Crippen LogP contribution is -2.55. The van der Waals surface area contributed by atoms with Gasteiger partial charge in [0.05, 0.1) is 35.6 Å². The molecule has 0 spiro atoms. The van der Waals surface area contributed by atoms with Gasteiger partial charge in [0, 0.05) is 11.8 Å². The highest BCUT2D eigenvalue weighted by Gasteiger charge is 2.55. The summed E-state index contributed by atoms with van der Waals surface area (Å²) in [4.78, 5) is 26.0. The number of hydrogen-bond acceptors (Lipinski definition) is 7. The molecule has 2 fully saturated rings. The van der Waals surface area contributed by atoms with Crippen LogP contribution in [0.5, 0.6) is 5.75 Å². The summed E-state index contributed by atoms with van der Waals surface area (Å²) >= 11 is 0. The number of hydrogen-bond donors (Lipinski definition) is 4. The number of aliphatic hydroxyl groups is 2. The van der Waals surface area contributed by atoms with E-state index in [1.54, 1.807) is 19.1 Å². The Kier molecular flexibility index (Phi) is 12.1. The quantitative estimate of drug-likeness (QED) is 0.182. The number of phenols is 1. The molecule has 1 aromatic rings. The van der Waals surface area contributed by atoms with E-state index >= 15 is 0 Å². The van der Waals surface area contributed by atoms with Crippen molar-refractivity contribution in [3.05, 3.63) is 28.8 Å². The highest BCUT2D eigenvalue weighted by Crippen LogP contribution is 2.48. The Labute approximate surface area is 264 Å². The topological polar surface area (TPSA) is 134 Å². The maximum absolute atomic E-state index is 14.0. The van der Waals surface area contributed by atoms with Gasteiger partial charge in [-0.25, -0.2) is 4.79 Å². The Hall–Kier alpha value is -2.00. The van der Waals surface area contributed by atoms with E-state index in [4.69, 9.17) is 9.47 Å². The van der Waals surface area contributed by atoms with Crippen LogP contribution in [-0.2, 0) is 20.7 Å². The largest absolute Gasteiger partial charge is 0.507 e. The van der Waals surface area contributed by atoms with E-state index in [-0.39, 0.29) is 59.1 Å². The molecule has 11 unspecified atom stereocenters. The predicted molar refractivity (Wildman–Crippen MR) is 171 cm³/mol. The molecule has 0 bridgehead atoms. The fraction of sp³-hybridized carbons (Fsp3) is 0.778. The Bertz CT molecular complexity index is 1150. The van der Waals surface area contributed by atoms with Crippen molar-refractivity contribution < 1.29 is 39.5 Å². The van der Waals surface area contributed by atoms with E-state index in [9.17, 15) is 30.0 Å². The molecule has 2 aliphatic rings. The van der Waals surface area contributed by atoms with Crippen LogP contribution >= 0.6 is 0 Å². The Morgan fingerprint density at radius 1 is 1.07 bits per heavy atom. The number of aromatic hydroxyl groups is 1. The lowest BCUT2D eigenvalue weighted by Gasteiger charge is -2.47. The molecular formula is C36H58O8. The van der Waals surface area contributed by atoms with Crippen molar-refractivity contribution in [3.63, 3.8) is 0 Å². The molecule has 2 aliphatic heterocycles. The van der Waals surface area contributed by atoms with Crippen LogP contribution in [0.4, 0.5) is 0 Å². The number of aliphatic hydroxyl groups excluding tert-OH is 1. The van der Waals surface area contributed by atoms with Crippen molar-refractivity contribution in [2.75, 3.05) is 0 Å². The van der Waals surface area contributed by atoms with Crippen LogP contribution in [0.25, 0.3) is 0 Å².